The molecule has 90 valence electrons. The highest BCUT2D eigenvalue weighted by Gasteiger charge is 2.52. The zero-order valence-corrected chi connectivity index (χ0v) is 10.3. The molecule has 2 aliphatic carbocycles. The van der Waals surface area contributed by atoms with Gasteiger partial charge in [-0.1, -0.05) is 36.4 Å². The van der Waals surface area contributed by atoms with Crippen molar-refractivity contribution in [2.24, 2.45) is 11.8 Å². The van der Waals surface area contributed by atoms with E-state index in [0.29, 0.717) is 6.61 Å². The topological polar surface area (TPSA) is 9.23 Å². The zero-order chi connectivity index (χ0) is 11.7. The molecule has 2 fully saturated rings. The van der Waals surface area contributed by atoms with Crippen molar-refractivity contribution in [2.45, 2.75) is 31.3 Å². The molecule has 0 N–H and O–H groups in total. The summed E-state index contributed by atoms with van der Waals surface area (Å²) in [6.45, 7) is 4.45. The van der Waals surface area contributed by atoms with Crippen molar-refractivity contribution >= 4 is 0 Å². The van der Waals surface area contributed by atoms with Crippen molar-refractivity contribution in [3.63, 3.8) is 0 Å². The van der Waals surface area contributed by atoms with Crippen molar-refractivity contribution in [3.8, 4) is 0 Å². The molecule has 3 rings (SSSR count). The van der Waals surface area contributed by atoms with E-state index < -0.39 is 0 Å². The van der Waals surface area contributed by atoms with Gasteiger partial charge in [0, 0.05) is 0 Å². The molecule has 3 unspecified atom stereocenters. The van der Waals surface area contributed by atoms with Crippen LogP contribution in [0.25, 0.3) is 0 Å². The second kappa shape index (κ2) is 4.30. The quantitative estimate of drug-likeness (QED) is 0.710. The first-order valence-electron chi connectivity index (χ1n) is 6.65. The second-order valence-electron chi connectivity index (χ2n) is 5.44. The Kier molecular flexibility index (Phi) is 2.79. The molecule has 1 aromatic carbocycles. The third-order valence-corrected chi connectivity index (χ3v) is 4.51. The number of hydrogen-bond acceptors (Lipinski definition) is 1. The SMILES string of the molecule is C=CCOC1(c2ccccc2)CC2CCC1C2. The normalized spacial score (nSPS) is 35.1. The van der Waals surface area contributed by atoms with Crippen molar-refractivity contribution in [3.05, 3.63) is 48.6 Å². The van der Waals surface area contributed by atoms with Crippen LogP contribution in [-0.2, 0) is 10.3 Å². The predicted molar refractivity (Wildman–Crippen MR) is 69.7 cm³/mol. The summed E-state index contributed by atoms with van der Waals surface area (Å²) < 4.78 is 6.24. The average molecular weight is 228 g/mol. The van der Waals surface area contributed by atoms with Gasteiger partial charge in [0.2, 0.25) is 0 Å². The van der Waals surface area contributed by atoms with E-state index in [-0.39, 0.29) is 5.60 Å². The minimum absolute atomic E-state index is 0.0155. The first kappa shape index (κ1) is 11.0. The highest BCUT2D eigenvalue weighted by atomic mass is 16.5. The van der Waals surface area contributed by atoms with Crippen LogP contribution in [0.5, 0.6) is 0 Å². The number of fused-ring (bicyclic) bond motifs is 2. The average Bonchev–Trinajstić information content (AvgIpc) is 2.98. The second-order valence-corrected chi connectivity index (χ2v) is 5.44. The van der Waals surface area contributed by atoms with Crippen LogP contribution in [0.15, 0.2) is 43.0 Å². The van der Waals surface area contributed by atoms with Gasteiger partial charge in [-0.05, 0) is 43.1 Å². The van der Waals surface area contributed by atoms with Crippen molar-refractivity contribution in [1.29, 1.82) is 0 Å². The van der Waals surface area contributed by atoms with Crippen LogP contribution >= 0.6 is 0 Å². The number of rotatable bonds is 4. The molecule has 2 saturated carbocycles. The summed E-state index contributed by atoms with van der Waals surface area (Å²) in [5.74, 6) is 1.60. The van der Waals surface area contributed by atoms with E-state index in [1.165, 1.54) is 31.2 Å². The van der Waals surface area contributed by atoms with Crippen LogP contribution in [-0.4, -0.2) is 6.61 Å². The molecule has 1 heteroatoms. The van der Waals surface area contributed by atoms with E-state index in [0.717, 1.165) is 11.8 Å². The van der Waals surface area contributed by atoms with Gasteiger partial charge in [-0.25, -0.2) is 0 Å². The van der Waals surface area contributed by atoms with E-state index in [1.807, 2.05) is 6.08 Å². The molecule has 1 nitrogen and oxygen atoms in total. The molecule has 0 saturated heterocycles. The van der Waals surface area contributed by atoms with E-state index >= 15 is 0 Å². The summed E-state index contributed by atoms with van der Waals surface area (Å²) in [5, 5.41) is 0. The van der Waals surface area contributed by atoms with Crippen LogP contribution in [0.2, 0.25) is 0 Å². The minimum atomic E-state index is -0.0155. The molecule has 0 aromatic heterocycles. The summed E-state index contributed by atoms with van der Waals surface area (Å²) >= 11 is 0. The van der Waals surface area contributed by atoms with Crippen LogP contribution in [0, 0.1) is 11.8 Å². The van der Waals surface area contributed by atoms with E-state index in [4.69, 9.17) is 4.74 Å². The maximum absolute atomic E-state index is 6.24. The van der Waals surface area contributed by atoms with Crippen LogP contribution < -0.4 is 0 Å². The smallest absolute Gasteiger partial charge is 0.0966 e. The van der Waals surface area contributed by atoms with Crippen molar-refractivity contribution < 1.29 is 4.74 Å². The number of ether oxygens (including phenoxy) is 1. The van der Waals surface area contributed by atoms with Gasteiger partial charge in [0.25, 0.3) is 0 Å². The van der Waals surface area contributed by atoms with Gasteiger partial charge in [0.15, 0.2) is 0 Å². The molecule has 0 amide bonds. The Labute approximate surface area is 103 Å². The van der Waals surface area contributed by atoms with Gasteiger partial charge in [0.05, 0.1) is 12.2 Å². The minimum Gasteiger partial charge on any atom is -0.366 e. The van der Waals surface area contributed by atoms with Crippen molar-refractivity contribution in [2.75, 3.05) is 6.61 Å². The van der Waals surface area contributed by atoms with E-state index in [9.17, 15) is 0 Å². The zero-order valence-electron chi connectivity index (χ0n) is 10.3. The highest BCUT2D eigenvalue weighted by molar-refractivity contribution is 5.27. The lowest BCUT2D eigenvalue weighted by Gasteiger charge is -2.38. The maximum atomic E-state index is 6.24. The van der Waals surface area contributed by atoms with E-state index in [1.54, 1.807) is 0 Å². The Morgan fingerprint density at radius 1 is 1.29 bits per heavy atom. The third kappa shape index (κ3) is 1.73. The molecule has 2 bridgehead atoms. The summed E-state index contributed by atoms with van der Waals surface area (Å²) in [5.41, 5.74) is 1.35. The third-order valence-electron chi connectivity index (χ3n) is 4.51. The Bertz CT molecular complexity index is 397. The highest BCUT2D eigenvalue weighted by Crippen LogP contribution is 2.57. The van der Waals surface area contributed by atoms with Gasteiger partial charge in [-0.3, -0.25) is 0 Å². The number of benzene rings is 1. The Balaban J connectivity index is 1.94. The largest absolute Gasteiger partial charge is 0.366 e. The summed E-state index contributed by atoms with van der Waals surface area (Å²) in [7, 11) is 0. The lowest BCUT2D eigenvalue weighted by atomic mass is 9.78. The Hall–Kier alpha value is -1.08. The molecule has 0 radical (unpaired) electrons. The van der Waals surface area contributed by atoms with Crippen molar-refractivity contribution in [1.82, 2.24) is 0 Å². The van der Waals surface area contributed by atoms with E-state index in [2.05, 4.69) is 36.9 Å². The van der Waals surface area contributed by atoms with Gasteiger partial charge < -0.3 is 4.74 Å². The molecular weight excluding hydrogens is 208 g/mol. The first-order valence-corrected chi connectivity index (χ1v) is 6.65. The monoisotopic (exact) mass is 228 g/mol. The molecule has 3 atom stereocenters. The molecule has 1 aromatic rings. The Morgan fingerprint density at radius 2 is 2.12 bits per heavy atom. The van der Waals surface area contributed by atoms with Gasteiger partial charge in [-0.15, -0.1) is 6.58 Å². The van der Waals surface area contributed by atoms with Gasteiger partial charge in [0.1, 0.15) is 0 Å². The number of hydrogen-bond donors (Lipinski definition) is 0. The lowest BCUT2D eigenvalue weighted by molar-refractivity contribution is -0.0775. The molecular formula is C16H20O. The molecule has 17 heavy (non-hydrogen) atoms. The van der Waals surface area contributed by atoms with Crippen LogP contribution in [0.4, 0.5) is 0 Å². The summed E-state index contributed by atoms with van der Waals surface area (Å²) in [6, 6.07) is 10.8. The van der Waals surface area contributed by atoms with Gasteiger partial charge in [-0.2, -0.15) is 0 Å². The summed E-state index contributed by atoms with van der Waals surface area (Å²) in [6.07, 6.45) is 7.16. The Morgan fingerprint density at radius 3 is 2.71 bits per heavy atom. The fraction of sp³-hybridized carbons (Fsp3) is 0.500. The van der Waals surface area contributed by atoms with Gasteiger partial charge >= 0.3 is 0 Å². The molecule has 0 heterocycles. The molecule has 2 aliphatic rings. The van der Waals surface area contributed by atoms with Crippen LogP contribution in [0.1, 0.15) is 31.2 Å². The molecule has 0 aliphatic heterocycles. The standard InChI is InChI=1S/C16H20O/c1-2-10-17-16(14-6-4-3-5-7-14)12-13-8-9-15(16)11-13/h2-7,13,15H,1,8-12H2. The first-order chi connectivity index (χ1) is 8.35. The lowest BCUT2D eigenvalue weighted by Crippen LogP contribution is -2.35. The maximum Gasteiger partial charge on any atom is 0.0966 e. The fourth-order valence-electron chi connectivity index (χ4n) is 3.82. The van der Waals surface area contributed by atoms with Crippen LogP contribution in [0.3, 0.4) is 0 Å². The summed E-state index contributed by atoms with van der Waals surface area (Å²) in [4.78, 5) is 0. The predicted octanol–water partition coefficient (Wildman–Crippen LogP) is 3.90. The fourth-order valence-corrected chi connectivity index (χ4v) is 3.82. The molecule has 0 spiro atoms.